The van der Waals surface area contributed by atoms with E-state index >= 15 is 0 Å². The van der Waals surface area contributed by atoms with E-state index < -0.39 is 0 Å². The van der Waals surface area contributed by atoms with Crippen LogP contribution in [0.4, 0.5) is 0 Å². The maximum atomic E-state index is 5.96. The quantitative estimate of drug-likeness (QED) is 0.825. The molecule has 0 heterocycles. The summed E-state index contributed by atoms with van der Waals surface area (Å²) in [7, 11) is 0. The molecule has 0 aliphatic heterocycles. The van der Waals surface area contributed by atoms with E-state index in [1.54, 1.807) is 0 Å². The molecule has 1 aliphatic carbocycles. The third kappa shape index (κ3) is 4.81. The van der Waals surface area contributed by atoms with Crippen LogP contribution in [0.3, 0.4) is 0 Å². The number of benzene rings is 1. The average Bonchev–Trinajstić information content (AvgIpc) is 2.25. The van der Waals surface area contributed by atoms with Crippen LogP contribution in [0.1, 0.15) is 45.6 Å². The molecule has 0 amide bonds. The van der Waals surface area contributed by atoms with Gasteiger partial charge in [-0.1, -0.05) is 43.0 Å². The van der Waals surface area contributed by atoms with Crippen LogP contribution in [0, 0.1) is 11.8 Å². The fourth-order valence-corrected chi connectivity index (χ4v) is 2.80. The first-order valence-electron chi connectivity index (χ1n) is 7.43. The predicted octanol–water partition coefficient (Wildman–Crippen LogP) is 4.69. The Hall–Kier alpha value is -0.530. The molecular weight excluding hydrogens is 254 g/mol. The Balaban J connectivity index is 1.95. The Morgan fingerprint density at radius 3 is 2.32 bits per heavy atom. The molecule has 1 aliphatic rings. The first-order valence-corrected chi connectivity index (χ1v) is 7.81. The Morgan fingerprint density at radius 1 is 1.21 bits per heavy atom. The van der Waals surface area contributed by atoms with E-state index in [1.807, 2.05) is 12.1 Å². The molecule has 0 spiro atoms. The maximum absolute atomic E-state index is 5.96. The summed E-state index contributed by atoms with van der Waals surface area (Å²) in [4.78, 5) is 0. The highest BCUT2D eigenvalue weighted by Gasteiger charge is 2.28. The number of hydrogen-bond acceptors (Lipinski definition) is 1. The molecule has 1 N–H and O–H groups in total. The summed E-state index contributed by atoms with van der Waals surface area (Å²) in [5, 5.41) is 4.51. The van der Waals surface area contributed by atoms with Crippen molar-refractivity contribution in [2.75, 3.05) is 6.54 Å². The smallest absolute Gasteiger partial charge is 0.0406 e. The van der Waals surface area contributed by atoms with Crippen molar-refractivity contribution in [2.24, 2.45) is 11.8 Å². The predicted molar refractivity (Wildman–Crippen MR) is 83.7 cm³/mol. The fourth-order valence-electron chi connectivity index (χ4n) is 2.68. The Labute approximate surface area is 122 Å². The van der Waals surface area contributed by atoms with Gasteiger partial charge in [-0.15, -0.1) is 0 Å². The summed E-state index contributed by atoms with van der Waals surface area (Å²) in [6.45, 7) is 7.85. The van der Waals surface area contributed by atoms with Crippen molar-refractivity contribution in [3.8, 4) is 0 Å². The molecule has 0 aromatic heterocycles. The van der Waals surface area contributed by atoms with E-state index in [0.717, 1.165) is 23.4 Å². The molecule has 0 saturated heterocycles. The highest BCUT2D eigenvalue weighted by molar-refractivity contribution is 6.30. The largest absolute Gasteiger partial charge is 0.312 e. The van der Waals surface area contributed by atoms with Gasteiger partial charge in [-0.3, -0.25) is 0 Å². The standard InChI is InChI=1S/C17H26ClN/c1-17(2,3)19-12-15(14-5-4-6-14)11-13-7-9-16(18)10-8-13/h7-10,14-15,19H,4-6,11-12H2,1-3H3. The lowest BCUT2D eigenvalue weighted by Gasteiger charge is -2.36. The maximum Gasteiger partial charge on any atom is 0.0406 e. The summed E-state index contributed by atoms with van der Waals surface area (Å²) >= 11 is 5.96. The van der Waals surface area contributed by atoms with Crippen LogP contribution in [0.2, 0.25) is 5.02 Å². The number of nitrogens with one attached hydrogen (secondary N) is 1. The van der Waals surface area contributed by atoms with Crippen LogP contribution < -0.4 is 5.32 Å². The summed E-state index contributed by atoms with van der Waals surface area (Å²) in [6, 6.07) is 8.36. The second-order valence-electron chi connectivity index (χ2n) is 6.91. The zero-order chi connectivity index (χ0) is 13.9. The third-order valence-electron chi connectivity index (χ3n) is 4.12. The van der Waals surface area contributed by atoms with Gasteiger partial charge in [0, 0.05) is 10.6 Å². The number of rotatable bonds is 5. The zero-order valence-corrected chi connectivity index (χ0v) is 13.1. The van der Waals surface area contributed by atoms with E-state index in [1.165, 1.54) is 31.2 Å². The minimum absolute atomic E-state index is 0.210. The van der Waals surface area contributed by atoms with E-state index in [-0.39, 0.29) is 5.54 Å². The van der Waals surface area contributed by atoms with Gasteiger partial charge in [-0.25, -0.2) is 0 Å². The Morgan fingerprint density at radius 2 is 1.84 bits per heavy atom. The van der Waals surface area contributed by atoms with Crippen molar-refractivity contribution in [3.63, 3.8) is 0 Å². The Kier molecular flexibility index (Phi) is 4.92. The molecular formula is C17H26ClN. The van der Waals surface area contributed by atoms with Crippen LogP contribution in [0.15, 0.2) is 24.3 Å². The van der Waals surface area contributed by atoms with Gasteiger partial charge in [0.2, 0.25) is 0 Å². The highest BCUT2D eigenvalue weighted by atomic mass is 35.5. The molecule has 1 fully saturated rings. The van der Waals surface area contributed by atoms with Gasteiger partial charge < -0.3 is 5.32 Å². The third-order valence-corrected chi connectivity index (χ3v) is 4.37. The number of halogens is 1. The van der Waals surface area contributed by atoms with Crippen molar-refractivity contribution >= 4 is 11.6 Å². The van der Waals surface area contributed by atoms with Gasteiger partial charge in [-0.05, 0) is 63.3 Å². The van der Waals surface area contributed by atoms with Gasteiger partial charge >= 0.3 is 0 Å². The first kappa shape index (κ1) is 14.9. The van der Waals surface area contributed by atoms with Gasteiger partial charge in [-0.2, -0.15) is 0 Å². The summed E-state index contributed by atoms with van der Waals surface area (Å²) in [6.07, 6.45) is 5.40. The minimum atomic E-state index is 0.210. The van der Waals surface area contributed by atoms with E-state index in [9.17, 15) is 0 Å². The summed E-state index contributed by atoms with van der Waals surface area (Å²) in [5.41, 5.74) is 1.62. The lowest BCUT2D eigenvalue weighted by molar-refractivity contribution is 0.189. The summed E-state index contributed by atoms with van der Waals surface area (Å²) < 4.78 is 0. The molecule has 19 heavy (non-hydrogen) atoms. The average molecular weight is 280 g/mol. The molecule has 2 rings (SSSR count). The van der Waals surface area contributed by atoms with Gasteiger partial charge in [0.15, 0.2) is 0 Å². The van der Waals surface area contributed by atoms with Gasteiger partial charge in [0.25, 0.3) is 0 Å². The second-order valence-corrected chi connectivity index (χ2v) is 7.35. The van der Waals surface area contributed by atoms with E-state index in [4.69, 9.17) is 11.6 Å². The normalized spacial score (nSPS) is 18.1. The fraction of sp³-hybridized carbons (Fsp3) is 0.647. The molecule has 1 unspecified atom stereocenters. The van der Waals surface area contributed by atoms with Gasteiger partial charge in [0.1, 0.15) is 0 Å². The molecule has 0 bridgehead atoms. The zero-order valence-electron chi connectivity index (χ0n) is 12.4. The van der Waals surface area contributed by atoms with E-state index in [2.05, 4.69) is 38.2 Å². The molecule has 1 atom stereocenters. The summed E-state index contributed by atoms with van der Waals surface area (Å²) in [5.74, 6) is 1.67. The van der Waals surface area contributed by atoms with Crippen molar-refractivity contribution in [1.82, 2.24) is 5.32 Å². The van der Waals surface area contributed by atoms with Crippen LogP contribution in [0.5, 0.6) is 0 Å². The Bertz CT molecular complexity index is 387. The topological polar surface area (TPSA) is 12.0 Å². The van der Waals surface area contributed by atoms with Crippen molar-refractivity contribution < 1.29 is 0 Å². The molecule has 1 aromatic rings. The van der Waals surface area contributed by atoms with Crippen molar-refractivity contribution in [1.29, 1.82) is 0 Å². The second kappa shape index (κ2) is 6.28. The molecule has 1 aromatic carbocycles. The monoisotopic (exact) mass is 279 g/mol. The van der Waals surface area contributed by atoms with Gasteiger partial charge in [0.05, 0.1) is 0 Å². The molecule has 2 heteroatoms. The highest BCUT2D eigenvalue weighted by Crippen LogP contribution is 2.35. The lowest BCUT2D eigenvalue weighted by Crippen LogP contribution is -2.42. The van der Waals surface area contributed by atoms with Crippen LogP contribution >= 0.6 is 11.6 Å². The molecule has 1 nitrogen and oxygen atoms in total. The van der Waals surface area contributed by atoms with Crippen molar-refractivity contribution in [3.05, 3.63) is 34.9 Å². The minimum Gasteiger partial charge on any atom is -0.312 e. The lowest BCUT2D eigenvalue weighted by atomic mass is 9.73. The van der Waals surface area contributed by atoms with Crippen molar-refractivity contribution in [2.45, 2.75) is 52.0 Å². The van der Waals surface area contributed by atoms with E-state index in [0.29, 0.717) is 0 Å². The first-order chi connectivity index (χ1) is 8.94. The van der Waals surface area contributed by atoms with Crippen LogP contribution in [0.25, 0.3) is 0 Å². The molecule has 106 valence electrons. The van der Waals surface area contributed by atoms with Crippen LogP contribution in [-0.2, 0) is 6.42 Å². The SMILES string of the molecule is CC(C)(C)NCC(Cc1ccc(Cl)cc1)C1CCC1. The molecule has 0 radical (unpaired) electrons. The van der Waals surface area contributed by atoms with Crippen LogP contribution in [-0.4, -0.2) is 12.1 Å². The molecule has 1 saturated carbocycles. The number of hydrogen-bond donors (Lipinski definition) is 1.